The van der Waals surface area contributed by atoms with Gasteiger partial charge in [-0.2, -0.15) is 0 Å². The molecule has 0 spiro atoms. The Labute approximate surface area is 92.6 Å². The Hall–Kier alpha value is -1.15. The summed E-state index contributed by atoms with van der Waals surface area (Å²) in [4.78, 5) is 6.42. The Kier molecular flexibility index (Phi) is 5.05. The molecule has 82 valence electrons. The van der Waals surface area contributed by atoms with E-state index < -0.39 is 0 Å². The highest BCUT2D eigenvalue weighted by molar-refractivity contribution is 5.10. The number of aromatic nitrogens is 1. The number of nitrogens with zero attached hydrogens (tertiary/aromatic N) is 2. The van der Waals surface area contributed by atoms with Crippen LogP contribution in [-0.2, 0) is 6.42 Å². The molecule has 0 aliphatic rings. The van der Waals surface area contributed by atoms with E-state index in [9.17, 15) is 0 Å². The molecule has 0 unspecified atom stereocenters. The average Bonchev–Trinajstić information content (AvgIpc) is 2.25. The van der Waals surface area contributed by atoms with Crippen LogP contribution in [-0.4, -0.2) is 29.5 Å². The van der Waals surface area contributed by atoms with Gasteiger partial charge in [0.05, 0.1) is 0 Å². The average molecular weight is 204 g/mol. The second-order valence-electron chi connectivity index (χ2n) is 3.93. The molecule has 0 fully saturated rings. The fourth-order valence-corrected chi connectivity index (χ4v) is 1.57. The van der Waals surface area contributed by atoms with Gasteiger partial charge >= 0.3 is 0 Å². The summed E-state index contributed by atoms with van der Waals surface area (Å²) in [6, 6.07) is 4.16. The largest absolute Gasteiger partial charge is 0.299 e. The maximum Gasteiger partial charge on any atom is 0.0270 e. The number of hydrogen-bond acceptors (Lipinski definition) is 2. The lowest BCUT2D eigenvalue weighted by Gasteiger charge is -2.20. The van der Waals surface area contributed by atoms with Crippen LogP contribution in [0.5, 0.6) is 0 Å². The van der Waals surface area contributed by atoms with Gasteiger partial charge in [0.25, 0.3) is 0 Å². The van der Waals surface area contributed by atoms with Gasteiger partial charge in [0, 0.05) is 25.5 Å². The second-order valence-corrected chi connectivity index (χ2v) is 3.93. The molecule has 0 atom stereocenters. The lowest BCUT2D eigenvalue weighted by atomic mass is 10.2. The molecule has 1 rings (SSSR count). The lowest BCUT2D eigenvalue weighted by molar-refractivity contribution is 0.316. The van der Waals surface area contributed by atoms with Crippen molar-refractivity contribution in [1.29, 1.82) is 0 Å². The second kappa shape index (κ2) is 6.36. The summed E-state index contributed by atoms with van der Waals surface area (Å²) in [5.41, 5.74) is 2.58. The molecule has 0 amide bonds. The molecular weight excluding hydrogens is 184 g/mol. The summed E-state index contributed by atoms with van der Waals surface area (Å²) in [5.74, 6) is 0. The molecule has 1 aromatic heterocycles. The molecule has 15 heavy (non-hydrogen) atoms. The third kappa shape index (κ3) is 4.75. The minimum absolute atomic E-state index is 1.00. The van der Waals surface area contributed by atoms with Crippen molar-refractivity contribution in [2.45, 2.75) is 20.3 Å². The smallest absolute Gasteiger partial charge is 0.0270 e. The monoisotopic (exact) mass is 204 g/mol. The molecule has 1 heterocycles. The van der Waals surface area contributed by atoms with Crippen LogP contribution in [0.3, 0.4) is 0 Å². The quantitative estimate of drug-likeness (QED) is 0.662. The Morgan fingerprint density at radius 3 is 2.60 bits per heavy atom. The van der Waals surface area contributed by atoms with Crippen LogP contribution < -0.4 is 0 Å². The highest BCUT2D eigenvalue weighted by atomic mass is 15.1. The Bertz CT molecular complexity index is 293. The summed E-state index contributed by atoms with van der Waals surface area (Å²) in [7, 11) is 0. The van der Waals surface area contributed by atoms with Gasteiger partial charge in [-0.3, -0.25) is 9.88 Å². The first kappa shape index (κ1) is 11.9. The fraction of sp³-hybridized carbons (Fsp3) is 0.462. The predicted octanol–water partition coefficient (Wildman–Crippen LogP) is 2.52. The number of rotatable bonds is 6. The van der Waals surface area contributed by atoms with Crippen LogP contribution in [0.4, 0.5) is 0 Å². The molecular formula is C13H20N2. The van der Waals surface area contributed by atoms with Crippen LogP contribution in [0.25, 0.3) is 0 Å². The van der Waals surface area contributed by atoms with Gasteiger partial charge in [0.1, 0.15) is 0 Å². The number of likely N-dealkylation sites (N-methyl/N-ethyl adjacent to an activating group) is 1. The van der Waals surface area contributed by atoms with E-state index in [0.29, 0.717) is 0 Å². The molecule has 0 bridgehead atoms. The minimum atomic E-state index is 1.00. The zero-order valence-electron chi connectivity index (χ0n) is 9.74. The predicted molar refractivity (Wildman–Crippen MR) is 64.9 cm³/mol. The van der Waals surface area contributed by atoms with E-state index in [1.807, 2.05) is 12.4 Å². The Morgan fingerprint density at radius 2 is 2.07 bits per heavy atom. The van der Waals surface area contributed by atoms with Crippen LogP contribution in [0.2, 0.25) is 0 Å². The fourth-order valence-electron chi connectivity index (χ4n) is 1.57. The van der Waals surface area contributed by atoms with Crippen LogP contribution in [0, 0.1) is 0 Å². The van der Waals surface area contributed by atoms with E-state index in [1.165, 1.54) is 11.1 Å². The van der Waals surface area contributed by atoms with E-state index in [1.54, 1.807) is 0 Å². The van der Waals surface area contributed by atoms with Crippen molar-refractivity contribution in [2.24, 2.45) is 0 Å². The topological polar surface area (TPSA) is 16.1 Å². The summed E-state index contributed by atoms with van der Waals surface area (Å²) < 4.78 is 0. The molecule has 0 N–H and O–H groups in total. The third-order valence-electron chi connectivity index (χ3n) is 2.41. The van der Waals surface area contributed by atoms with Crippen molar-refractivity contribution >= 4 is 0 Å². The van der Waals surface area contributed by atoms with Crippen molar-refractivity contribution < 1.29 is 0 Å². The molecule has 1 aromatic rings. The van der Waals surface area contributed by atoms with E-state index in [2.05, 4.69) is 42.4 Å². The van der Waals surface area contributed by atoms with Crippen molar-refractivity contribution in [2.75, 3.05) is 19.6 Å². The zero-order valence-corrected chi connectivity index (χ0v) is 9.74. The van der Waals surface area contributed by atoms with Crippen LogP contribution in [0.15, 0.2) is 36.7 Å². The highest BCUT2D eigenvalue weighted by Crippen LogP contribution is 2.01. The molecule has 0 saturated heterocycles. The van der Waals surface area contributed by atoms with Gasteiger partial charge in [-0.15, -0.1) is 0 Å². The van der Waals surface area contributed by atoms with Gasteiger partial charge in [0.2, 0.25) is 0 Å². The third-order valence-corrected chi connectivity index (χ3v) is 2.41. The Morgan fingerprint density at radius 1 is 1.40 bits per heavy atom. The normalized spacial score (nSPS) is 10.6. The maximum atomic E-state index is 4.01. The molecule has 0 aliphatic heterocycles. The van der Waals surface area contributed by atoms with Gasteiger partial charge in [0.15, 0.2) is 0 Å². The first-order chi connectivity index (χ1) is 7.22. The van der Waals surface area contributed by atoms with E-state index in [4.69, 9.17) is 0 Å². The van der Waals surface area contributed by atoms with E-state index in [-0.39, 0.29) is 0 Å². The lowest BCUT2D eigenvalue weighted by Crippen LogP contribution is -2.27. The molecule has 2 nitrogen and oxygen atoms in total. The van der Waals surface area contributed by atoms with Gasteiger partial charge < -0.3 is 0 Å². The summed E-state index contributed by atoms with van der Waals surface area (Å²) in [6.45, 7) is 11.4. The molecule has 2 heteroatoms. The highest BCUT2D eigenvalue weighted by Gasteiger charge is 2.02. The summed E-state index contributed by atoms with van der Waals surface area (Å²) >= 11 is 0. The summed E-state index contributed by atoms with van der Waals surface area (Å²) in [6.07, 6.45) is 4.79. The number of hydrogen-bond donors (Lipinski definition) is 0. The molecule has 0 radical (unpaired) electrons. The van der Waals surface area contributed by atoms with E-state index >= 15 is 0 Å². The first-order valence-corrected chi connectivity index (χ1v) is 5.48. The minimum Gasteiger partial charge on any atom is -0.299 e. The SMILES string of the molecule is C=C(C)CN(CC)CCc1ccncc1. The number of pyridine rings is 1. The zero-order chi connectivity index (χ0) is 11.1. The van der Waals surface area contributed by atoms with Gasteiger partial charge in [-0.1, -0.05) is 19.1 Å². The molecule has 0 saturated carbocycles. The van der Waals surface area contributed by atoms with Crippen LogP contribution in [0.1, 0.15) is 19.4 Å². The summed E-state index contributed by atoms with van der Waals surface area (Å²) in [5, 5.41) is 0. The van der Waals surface area contributed by atoms with Gasteiger partial charge in [-0.25, -0.2) is 0 Å². The van der Waals surface area contributed by atoms with Crippen molar-refractivity contribution in [3.05, 3.63) is 42.2 Å². The van der Waals surface area contributed by atoms with Crippen LogP contribution >= 0.6 is 0 Å². The van der Waals surface area contributed by atoms with Gasteiger partial charge in [-0.05, 0) is 37.6 Å². The molecule has 0 aliphatic carbocycles. The van der Waals surface area contributed by atoms with Crippen molar-refractivity contribution in [3.8, 4) is 0 Å². The molecule has 0 aromatic carbocycles. The first-order valence-electron chi connectivity index (χ1n) is 5.48. The maximum absolute atomic E-state index is 4.01. The van der Waals surface area contributed by atoms with E-state index in [0.717, 1.165) is 26.1 Å². The van der Waals surface area contributed by atoms with Crippen molar-refractivity contribution in [1.82, 2.24) is 9.88 Å². The standard InChI is InChI=1S/C13H20N2/c1-4-15(11-12(2)3)10-7-13-5-8-14-9-6-13/h5-6,8-9H,2,4,7,10-11H2,1,3H3. The van der Waals surface area contributed by atoms with Crippen molar-refractivity contribution in [3.63, 3.8) is 0 Å². The Balaban J connectivity index is 2.37.